The van der Waals surface area contributed by atoms with Gasteiger partial charge in [0.25, 0.3) is 0 Å². The zero-order valence-corrected chi connectivity index (χ0v) is 31.6. The summed E-state index contributed by atoms with van der Waals surface area (Å²) >= 11 is 0. The quantitative estimate of drug-likeness (QED) is 0.0599. The molecule has 0 heterocycles. The minimum absolute atomic E-state index is 1.37. The molecule has 44 heavy (non-hydrogen) atoms. The van der Waals surface area contributed by atoms with Crippen molar-refractivity contribution in [3.05, 3.63) is 6.42 Å². The highest BCUT2D eigenvalue weighted by Gasteiger charge is 1.98. The fourth-order valence-electron chi connectivity index (χ4n) is 7.06. The van der Waals surface area contributed by atoms with Gasteiger partial charge in [-0.2, -0.15) is 0 Å². The van der Waals surface area contributed by atoms with E-state index in [-0.39, 0.29) is 0 Å². The topological polar surface area (TPSA) is 0 Å². The molecule has 0 fully saturated rings. The Morgan fingerprint density at radius 2 is 0.318 bits per heavy atom. The lowest BCUT2D eigenvalue weighted by Gasteiger charge is -2.05. The Kier molecular flexibility index (Phi) is 43.0. The summed E-state index contributed by atoms with van der Waals surface area (Å²) in [6.07, 6.45) is 62.9. The predicted molar refractivity (Wildman–Crippen MR) is 205 cm³/mol. The highest BCUT2D eigenvalue weighted by molar-refractivity contribution is 4.65. The van der Waals surface area contributed by atoms with Crippen LogP contribution >= 0.6 is 0 Å². The van der Waals surface area contributed by atoms with Crippen molar-refractivity contribution >= 4 is 0 Å². The van der Waals surface area contributed by atoms with Gasteiger partial charge in [-0.25, -0.2) is 0 Å². The third kappa shape index (κ3) is 42.0. The summed E-state index contributed by atoms with van der Waals surface area (Å²) in [5, 5.41) is 0. The van der Waals surface area contributed by atoms with Crippen molar-refractivity contribution in [1.29, 1.82) is 0 Å². The molecule has 0 nitrogen and oxygen atoms in total. The van der Waals surface area contributed by atoms with E-state index in [0.29, 0.717) is 0 Å². The highest BCUT2D eigenvalue weighted by Crippen LogP contribution is 2.17. The number of hydrogen-bond acceptors (Lipinski definition) is 0. The standard InChI is InChI=1S/C44H89/c1-3-5-7-9-11-13-15-17-19-21-23-25-27-29-31-33-35-37-39-41-43-44-42-40-38-36-34-32-30-28-26-24-22-20-18-16-14-12-10-8-6-4-2/h41H,3-40,42-44H2,1-2H3. The molecule has 0 aliphatic heterocycles. The Bertz CT molecular complexity index is 411. The van der Waals surface area contributed by atoms with Crippen LogP contribution in [0.25, 0.3) is 0 Å². The Balaban J connectivity index is 3.03. The van der Waals surface area contributed by atoms with E-state index in [0.717, 1.165) is 0 Å². The molecule has 0 bridgehead atoms. The Hall–Kier alpha value is 0. The van der Waals surface area contributed by atoms with Crippen molar-refractivity contribution in [2.45, 2.75) is 277 Å². The van der Waals surface area contributed by atoms with Crippen LogP contribution in [0.15, 0.2) is 0 Å². The predicted octanol–water partition coefficient (Wildman–Crippen LogP) is 17.2. The van der Waals surface area contributed by atoms with Gasteiger partial charge in [-0.3, -0.25) is 0 Å². The first kappa shape index (κ1) is 44.0. The second kappa shape index (κ2) is 43.0. The smallest absolute Gasteiger partial charge is 0.0386 e. The molecular formula is C44H89. The monoisotopic (exact) mass is 618 g/mol. The first-order chi connectivity index (χ1) is 21.9. The molecule has 0 aromatic rings. The highest BCUT2D eigenvalue weighted by atomic mass is 14.0. The van der Waals surface area contributed by atoms with E-state index in [9.17, 15) is 0 Å². The van der Waals surface area contributed by atoms with Crippen LogP contribution in [0.5, 0.6) is 0 Å². The fraction of sp³-hybridized carbons (Fsp3) is 0.977. The third-order valence-electron chi connectivity index (χ3n) is 10.3. The molecule has 0 rings (SSSR count). The van der Waals surface area contributed by atoms with Crippen LogP contribution < -0.4 is 0 Å². The van der Waals surface area contributed by atoms with Crippen LogP contribution in [-0.2, 0) is 0 Å². The number of unbranched alkanes of at least 4 members (excludes halogenated alkanes) is 41. The van der Waals surface area contributed by atoms with Crippen molar-refractivity contribution in [2.75, 3.05) is 0 Å². The molecule has 0 spiro atoms. The van der Waals surface area contributed by atoms with Gasteiger partial charge in [0, 0.05) is 0 Å². The van der Waals surface area contributed by atoms with E-state index in [1.807, 2.05) is 0 Å². The van der Waals surface area contributed by atoms with Crippen LogP contribution in [0.1, 0.15) is 277 Å². The maximum absolute atomic E-state index is 2.60. The lowest BCUT2D eigenvalue weighted by Crippen LogP contribution is -1.85. The van der Waals surface area contributed by atoms with E-state index < -0.39 is 0 Å². The Morgan fingerprint density at radius 1 is 0.182 bits per heavy atom. The largest absolute Gasteiger partial charge is 0.0654 e. The third-order valence-corrected chi connectivity index (χ3v) is 10.3. The van der Waals surface area contributed by atoms with Crippen LogP contribution in [0.2, 0.25) is 0 Å². The number of rotatable bonds is 41. The molecule has 0 saturated heterocycles. The van der Waals surface area contributed by atoms with Crippen molar-refractivity contribution in [2.24, 2.45) is 0 Å². The van der Waals surface area contributed by atoms with Crippen molar-refractivity contribution in [3.63, 3.8) is 0 Å². The van der Waals surface area contributed by atoms with Crippen molar-refractivity contribution in [3.8, 4) is 0 Å². The van der Waals surface area contributed by atoms with Gasteiger partial charge in [-0.05, 0) is 6.42 Å². The van der Waals surface area contributed by atoms with Crippen LogP contribution in [0, 0.1) is 6.42 Å². The second-order valence-corrected chi connectivity index (χ2v) is 14.9. The molecule has 0 amide bonds. The molecular weight excluding hydrogens is 528 g/mol. The summed E-state index contributed by atoms with van der Waals surface area (Å²) in [5.41, 5.74) is 0. The normalized spacial score (nSPS) is 11.6. The second-order valence-electron chi connectivity index (χ2n) is 14.9. The molecule has 0 saturated carbocycles. The van der Waals surface area contributed by atoms with Gasteiger partial charge in [-0.15, -0.1) is 0 Å². The van der Waals surface area contributed by atoms with Crippen LogP contribution in [-0.4, -0.2) is 0 Å². The Morgan fingerprint density at radius 3 is 0.477 bits per heavy atom. The minimum atomic E-state index is 1.37. The first-order valence-corrected chi connectivity index (χ1v) is 21.7. The molecule has 0 atom stereocenters. The zero-order valence-electron chi connectivity index (χ0n) is 31.6. The maximum atomic E-state index is 2.60. The SMILES string of the molecule is CCCCCCCCCCCCCCCCCCCC[CH]CCCCCCCCCCCCCCCCCCCCCCC. The minimum Gasteiger partial charge on any atom is -0.0654 e. The van der Waals surface area contributed by atoms with Gasteiger partial charge in [0.1, 0.15) is 0 Å². The van der Waals surface area contributed by atoms with Crippen LogP contribution in [0.3, 0.4) is 0 Å². The van der Waals surface area contributed by atoms with Crippen molar-refractivity contribution in [1.82, 2.24) is 0 Å². The van der Waals surface area contributed by atoms with Gasteiger partial charge >= 0.3 is 0 Å². The lowest BCUT2D eigenvalue weighted by molar-refractivity contribution is 0.519. The van der Waals surface area contributed by atoms with E-state index in [1.165, 1.54) is 263 Å². The molecule has 0 aromatic heterocycles. The van der Waals surface area contributed by atoms with Gasteiger partial charge in [0.05, 0.1) is 0 Å². The van der Waals surface area contributed by atoms with Crippen LogP contribution in [0.4, 0.5) is 0 Å². The molecule has 0 aliphatic rings. The van der Waals surface area contributed by atoms with E-state index in [1.54, 1.807) is 0 Å². The average Bonchev–Trinajstić information content (AvgIpc) is 3.04. The van der Waals surface area contributed by atoms with Gasteiger partial charge in [0.15, 0.2) is 0 Å². The molecule has 265 valence electrons. The van der Waals surface area contributed by atoms with Gasteiger partial charge in [-0.1, -0.05) is 277 Å². The van der Waals surface area contributed by atoms with E-state index >= 15 is 0 Å². The van der Waals surface area contributed by atoms with Gasteiger partial charge in [0.2, 0.25) is 0 Å². The first-order valence-electron chi connectivity index (χ1n) is 21.7. The molecule has 0 aliphatic carbocycles. The van der Waals surface area contributed by atoms with Crippen molar-refractivity contribution < 1.29 is 0 Å². The fourth-order valence-corrected chi connectivity index (χ4v) is 7.06. The maximum Gasteiger partial charge on any atom is -0.0386 e. The molecule has 0 unspecified atom stereocenters. The Labute approximate surface area is 282 Å². The summed E-state index contributed by atoms with van der Waals surface area (Å²) in [4.78, 5) is 0. The summed E-state index contributed by atoms with van der Waals surface area (Å²) in [6.45, 7) is 4.62. The summed E-state index contributed by atoms with van der Waals surface area (Å²) < 4.78 is 0. The zero-order chi connectivity index (χ0) is 31.7. The molecule has 0 heteroatoms. The summed E-state index contributed by atoms with van der Waals surface area (Å²) in [6, 6.07) is 0. The molecule has 1 radical (unpaired) electrons. The molecule has 0 N–H and O–H groups in total. The van der Waals surface area contributed by atoms with E-state index in [4.69, 9.17) is 0 Å². The van der Waals surface area contributed by atoms with E-state index in [2.05, 4.69) is 20.3 Å². The summed E-state index contributed by atoms with van der Waals surface area (Å²) in [5.74, 6) is 0. The lowest BCUT2D eigenvalue weighted by atomic mass is 10.0. The summed E-state index contributed by atoms with van der Waals surface area (Å²) in [7, 11) is 0. The van der Waals surface area contributed by atoms with Gasteiger partial charge < -0.3 is 0 Å². The average molecular weight is 618 g/mol. The number of hydrogen-bond donors (Lipinski definition) is 0. The molecule has 0 aromatic carbocycles.